The van der Waals surface area contributed by atoms with Gasteiger partial charge in [-0.1, -0.05) is 6.07 Å². The number of aryl methyl sites for hydroxylation is 1. The van der Waals surface area contributed by atoms with Crippen LogP contribution < -0.4 is 5.32 Å². The summed E-state index contributed by atoms with van der Waals surface area (Å²) < 4.78 is 43.3. The van der Waals surface area contributed by atoms with E-state index < -0.39 is 12.1 Å². The summed E-state index contributed by atoms with van der Waals surface area (Å²) in [7, 11) is 0. The van der Waals surface area contributed by atoms with Gasteiger partial charge in [0, 0.05) is 19.0 Å². The number of hydrogen-bond donors (Lipinski definition) is 1. The molecule has 0 aliphatic heterocycles. The van der Waals surface area contributed by atoms with Crippen molar-refractivity contribution in [2.45, 2.75) is 38.3 Å². The van der Waals surface area contributed by atoms with Crippen molar-refractivity contribution < 1.29 is 22.4 Å². The first kappa shape index (κ1) is 14.9. The maximum atomic E-state index is 12.8. The van der Waals surface area contributed by atoms with Crippen LogP contribution in [0.1, 0.15) is 42.7 Å². The molecular formula is C15H15F3N2O2. The number of fused-ring (bicyclic) bond motifs is 3. The minimum Gasteiger partial charge on any atom is -0.433 e. The second kappa shape index (κ2) is 5.30. The van der Waals surface area contributed by atoms with E-state index >= 15 is 0 Å². The normalized spacial score (nSPS) is 17.7. The maximum absolute atomic E-state index is 12.8. The minimum atomic E-state index is -4.59. The van der Waals surface area contributed by atoms with E-state index in [4.69, 9.17) is 4.42 Å². The van der Waals surface area contributed by atoms with Crippen LogP contribution in [0, 0.1) is 0 Å². The number of oxazole rings is 1. The molecule has 1 N–H and O–H groups in total. The van der Waals surface area contributed by atoms with Crippen LogP contribution in [0.15, 0.2) is 16.5 Å². The molecule has 0 bridgehead atoms. The fourth-order valence-corrected chi connectivity index (χ4v) is 3.03. The molecule has 7 heteroatoms. The van der Waals surface area contributed by atoms with E-state index in [9.17, 15) is 18.0 Å². The Labute approximate surface area is 124 Å². The second-order valence-electron chi connectivity index (χ2n) is 5.51. The molecule has 1 atom stereocenters. The number of benzene rings is 1. The first-order chi connectivity index (χ1) is 10.4. The lowest BCUT2D eigenvalue weighted by Crippen LogP contribution is -2.22. The van der Waals surface area contributed by atoms with Crippen molar-refractivity contribution in [2.24, 2.45) is 0 Å². The van der Waals surface area contributed by atoms with Crippen LogP contribution in [0.4, 0.5) is 13.2 Å². The Bertz CT molecular complexity index is 721. The standard InChI is InChI=1S/C15H15F3N2O2/c1-8(21)19-7-6-10-3-2-9-4-5-11-13(12(9)10)22-14(20-11)15(16,17)18/h4-5,10H,2-3,6-7H2,1H3,(H,19,21)/t10-/m1/s1. The monoisotopic (exact) mass is 312 g/mol. The van der Waals surface area contributed by atoms with E-state index in [1.165, 1.54) is 6.92 Å². The van der Waals surface area contributed by atoms with E-state index in [1.54, 1.807) is 6.07 Å². The molecule has 1 aromatic carbocycles. The molecular weight excluding hydrogens is 297 g/mol. The lowest BCUT2D eigenvalue weighted by Gasteiger charge is -2.11. The summed E-state index contributed by atoms with van der Waals surface area (Å²) in [5.74, 6) is -1.24. The van der Waals surface area contributed by atoms with Crippen LogP contribution in [-0.4, -0.2) is 17.4 Å². The predicted octanol–water partition coefficient (Wildman–Crippen LogP) is 3.40. The zero-order valence-corrected chi connectivity index (χ0v) is 12.0. The Kier molecular flexibility index (Phi) is 3.58. The van der Waals surface area contributed by atoms with E-state index in [-0.39, 0.29) is 22.9 Å². The fourth-order valence-electron chi connectivity index (χ4n) is 3.03. The summed E-state index contributed by atoms with van der Waals surface area (Å²) in [6.07, 6.45) is -2.27. The molecule has 0 unspecified atom stereocenters. The summed E-state index contributed by atoms with van der Waals surface area (Å²) in [6.45, 7) is 1.93. The van der Waals surface area contributed by atoms with Crippen molar-refractivity contribution >= 4 is 17.0 Å². The van der Waals surface area contributed by atoms with Gasteiger partial charge < -0.3 is 9.73 Å². The number of carbonyl (C=O) groups excluding carboxylic acids is 1. The van der Waals surface area contributed by atoms with Gasteiger partial charge in [0.1, 0.15) is 5.52 Å². The number of hydrogen-bond acceptors (Lipinski definition) is 3. The number of nitrogens with zero attached hydrogens (tertiary/aromatic N) is 1. The SMILES string of the molecule is CC(=O)NCC[C@H]1CCc2ccc3nc(C(F)(F)F)oc3c21. The number of nitrogens with one attached hydrogen (secondary N) is 1. The highest BCUT2D eigenvalue weighted by Gasteiger charge is 2.38. The first-order valence-electron chi connectivity index (χ1n) is 7.10. The Morgan fingerprint density at radius 1 is 1.45 bits per heavy atom. The highest BCUT2D eigenvalue weighted by atomic mass is 19.4. The van der Waals surface area contributed by atoms with Crippen LogP contribution in [0.3, 0.4) is 0 Å². The van der Waals surface area contributed by atoms with Crippen molar-refractivity contribution in [1.29, 1.82) is 0 Å². The number of amides is 1. The van der Waals surface area contributed by atoms with Crippen LogP contribution in [-0.2, 0) is 17.4 Å². The zero-order chi connectivity index (χ0) is 15.9. The molecule has 118 valence electrons. The van der Waals surface area contributed by atoms with Gasteiger partial charge in [0.15, 0.2) is 5.58 Å². The van der Waals surface area contributed by atoms with Gasteiger partial charge in [0.05, 0.1) is 0 Å². The van der Waals surface area contributed by atoms with Crippen LogP contribution in [0.2, 0.25) is 0 Å². The Morgan fingerprint density at radius 3 is 2.91 bits per heavy atom. The second-order valence-corrected chi connectivity index (χ2v) is 5.51. The van der Waals surface area contributed by atoms with Gasteiger partial charge in [0.2, 0.25) is 5.91 Å². The Hall–Kier alpha value is -2.05. The van der Waals surface area contributed by atoms with E-state index in [1.807, 2.05) is 6.07 Å². The Balaban J connectivity index is 1.94. The molecule has 4 nitrogen and oxygen atoms in total. The molecule has 0 saturated carbocycles. The molecule has 1 aliphatic carbocycles. The third-order valence-corrected chi connectivity index (χ3v) is 3.97. The van der Waals surface area contributed by atoms with Crippen molar-refractivity contribution in [1.82, 2.24) is 10.3 Å². The number of halogens is 3. The molecule has 2 aromatic rings. The quantitative estimate of drug-likeness (QED) is 0.945. The van der Waals surface area contributed by atoms with Crippen LogP contribution >= 0.6 is 0 Å². The lowest BCUT2D eigenvalue weighted by molar-refractivity contribution is -0.156. The van der Waals surface area contributed by atoms with Gasteiger partial charge in [-0.15, -0.1) is 0 Å². The molecule has 1 aliphatic rings. The summed E-state index contributed by atoms with van der Waals surface area (Å²) in [5, 5.41) is 2.72. The van der Waals surface area contributed by atoms with Gasteiger partial charge in [-0.25, -0.2) is 4.98 Å². The lowest BCUT2D eigenvalue weighted by atomic mass is 9.97. The zero-order valence-electron chi connectivity index (χ0n) is 12.0. The summed E-state index contributed by atoms with van der Waals surface area (Å²) in [5.41, 5.74) is 2.28. The van der Waals surface area contributed by atoms with Crippen molar-refractivity contribution in [3.63, 3.8) is 0 Å². The highest BCUT2D eigenvalue weighted by Crippen LogP contribution is 2.42. The van der Waals surface area contributed by atoms with Crippen LogP contribution in [0.5, 0.6) is 0 Å². The average molecular weight is 312 g/mol. The molecule has 0 spiro atoms. The summed E-state index contributed by atoms with van der Waals surface area (Å²) in [6, 6.07) is 3.39. The number of carbonyl (C=O) groups is 1. The van der Waals surface area contributed by atoms with Crippen molar-refractivity contribution in [2.75, 3.05) is 6.54 Å². The molecule has 22 heavy (non-hydrogen) atoms. The third-order valence-electron chi connectivity index (χ3n) is 3.97. The molecule has 1 amide bonds. The molecule has 1 aromatic heterocycles. The smallest absolute Gasteiger partial charge is 0.433 e. The van der Waals surface area contributed by atoms with Crippen LogP contribution in [0.25, 0.3) is 11.1 Å². The molecule has 3 rings (SSSR count). The van der Waals surface area contributed by atoms with Gasteiger partial charge in [0.25, 0.3) is 0 Å². The largest absolute Gasteiger partial charge is 0.468 e. The van der Waals surface area contributed by atoms with Gasteiger partial charge >= 0.3 is 12.1 Å². The van der Waals surface area contributed by atoms with E-state index in [0.717, 1.165) is 24.0 Å². The maximum Gasteiger partial charge on any atom is 0.468 e. The fraction of sp³-hybridized carbons (Fsp3) is 0.467. The van der Waals surface area contributed by atoms with Gasteiger partial charge in [-0.2, -0.15) is 13.2 Å². The van der Waals surface area contributed by atoms with Gasteiger partial charge in [-0.05, 0) is 36.8 Å². The molecule has 0 saturated heterocycles. The summed E-state index contributed by atoms with van der Waals surface area (Å²) in [4.78, 5) is 14.5. The topological polar surface area (TPSA) is 55.1 Å². The van der Waals surface area contributed by atoms with E-state index in [0.29, 0.717) is 13.0 Å². The van der Waals surface area contributed by atoms with Gasteiger partial charge in [-0.3, -0.25) is 4.79 Å². The number of aromatic nitrogens is 1. The number of alkyl halides is 3. The van der Waals surface area contributed by atoms with E-state index in [2.05, 4.69) is 10.3 Å². The summed E-state index contributed by atoms with van der Waals surface area (Å²) >= 11 is 0. The first-order valence-corrected chi connectivity index (χ1v) is 7.10. The molecule has 1 heterocycles. The molecule has 0 fully saturated rings. The predicted molar refractivity (Wildman–Crippen MR) is 73.4 cm³/mol. The minimum absolute atomic E-state index is 0.0829. The molecule has 0 radical (unpaired) electrons. The number of rotatable bonds is 3. The van der Waals surface area contributed by atoms with Crippen molar-refractivity contribution in [3.05, 3.63) is 29.2 Å². The Morgan fingerprint density at radius 2 is 2.23 bits per heavy atom. The highest BCUT2D eigenvalue weighted by molar-refractivity contribution is 5.79. The third kappa shape index (κ3) is 2.67. The average Bonchev–Trinajstić information content (AvgIpc) is 3.00. The van der Waals surface area contributed by atoms with Crippen molar-refractivity contribution in [3.8, 4) is 0 Å².